The number of thiazole rings is 1. The Kier molecular flexibility index (Phi) is 6.90. The van der Waals surface area contributed by atoms with Crippen molar-refractivity contribution >= 4 is 11.3 Å². The molecule has 1 aliphatic heterocycles. The van der Waals surface area contributed by atoms with Gasteiger partial charge in [0.05, 0.1) is 10.7 Å². The molecule has 1 saturated heterocycles. The lowest BCUT2D eigenvalue weighted by molar-refractivity contribution is 0.204. The van der Waals surface area contributed by atoms with Gasteiger partial charge in [-0.25, -0.2) is 4.98 Å². The van der Waals surface area contributed by atoms with E-state index in [1.54, 1.807) is 0 Å². The first-order valence-corrected chi connectivity index (χ1v) is 13.2. The van der Waals surface area contributed by atoms with E-state index in [1.807, 2.05) is 11.3 Å². The quantitative estimate of drug-likeness (QED) is 0.503. The fourth-order valence-corrected chi connectivity index (χ4v) is 6.43. The smallest absolute Gasteiger partial charge is 0.0976 e. The van der Waals surface area contributed by atoms with Crippen LogP contribution in [0.15, 0.2) is 23.6 Å². The van der Waals surface area contributed by atoms with E-state index >= 15 is 0 Å². The number of likely N-dealkylation sites (tertiary alicyclic amines) is 1. The molecule has 2 N–H and O–H groups in total. The van der Waals surface area contributed by atoms with Crippen molar-refractivity contribution < 1.29 is 0 Å². The van der Waals surface area contributed by atoms with Crippen LogP contribution in [0.25, 0.3) is 11.3 Å². The van der Waals surface area contributed by atoms with E-state index in [0.29, 0.717) is 5.92 Å². The molecule has 0 radical (unpaired) electrons. The van der Waals surface area contributed by atoms with Crippen molar-refractivity contribution in [3.05, 3.63) is 39.7 Å². The van der Waals surface area contributed by atoms with Crippen molar-refractivity contribution in [3.63, 3.8) is 0 Å². The van der Waals surface area contributed by atoms with Crippen molar-refractivity contribution in [1.29, 1.82) is 0 Å². The van der Waals surface area contributed by atoms with E-state index in [9.17, 15) is 0 Å². The van der Waals surface area contributed by atoms with Gasteiger partial charge in [-0.2, -0.15) is 0 Å². The monoisotopic (exact) mass is 439 g/mol. The second kappa shape index (κ2) is 9.33. The van der Waals surface area contributed by atoms with Gasteiger partial charge in [0, 0.05) is 23.4 Å². The Bertz CT molecular complexity index is 882. The summed E-state index contributed by atoms with van der Waals surface area (Å²) in [6.45, 7) is 14.0. The average molecular weight is 440 g/mol. The summed E-state index contributed by atoms with van der Waals surface area (Å²) in [7, 11) is 0. The highest BCUT2D eigenvalue weighted by Crippen LogP contribution is 2.47. The molecule has 2 aliphatic rings. The fraction of sp³-hybridized carbons (Fsp3) is 0.667. The van der Waals surface area contributed by atoms with Crippen LogP contribution < -0.4 is 5.73 Å². The number of nitrogens with two attached hydrogens (primary N) is 1. The number of nitrogens with zero attached hydrogens (tertiary/aromatic N) is 2. The summed E-state index contributed by atoms with van der Waals surface area (Å²) in [5.74, 6) is 0.593. The molecular formula is C27H41N3S. The lowest BCUT2D eigenvalue weighted by Crippen LogP contribution is -2.35. The Morgan fingerprint density at radius 3 is 2.61 bits per heavy atom. The number of aromatic nitrogens is 1. The van der Waals surface area contributed by atoms with Crippen molar-refractivity contribution in [1.82, 2.24) is 9.88 Å². The van der Waals surface area contributed by atoms with Gasteiger partial charge in [0.25, 0.3) is 0 Å². The van der Waals surface area contributed by atoms with Gasteiger partial charge < -0.3 is 10.6 Å². The third-order valence-corrected chi connectivity index (χ3v) is 8.71. The number of rotatable bonds is 7. The minimum Gasteiger partial charge on any atom is -0.330 e. The Morgan fingerprint density at radius 1 is 1.06 bits per heavy atom. The van der Waals surface area contributed by atoms with Gasteiger partial charge in [0.2, 0.25) is 0 Å². The van der Waals surface area contributed by atoms with Gasteiger partial charge in [-0.3, -0.25) is 0 Å². The van der Waals surface area contributed by atoms with Crippen LogP contribution in [0.4, 0.5) is 0 Å². The summed E-state index contributed by atoms with van der Waals surface area (Å²) in [5.41, 5.74) is 11.7. The van der Waals surface area contributed by atoms with Gasteiger partial charge in [0.15, 0.2) is 0 Å². The molecule has 2 aromatic rings. The molecule has 31 heavy (non-hydrogen) atoms. The van der Waals surface area contributed by atoms with E-state index in [1.165, 1.54) is 85.6 Å². The summed E-state index contributed by atoms with van der Waals surface area (Å²) >= 11 is 1.87. The third kappa shape index (κ3) is 5.07. The van der Waals surface area contributed by atoms with Crippen LogP contribution >= 0.6 is 11.3 Å². The highest BCUT2D eigenvalue weighted by atomic mass is 32.1. The number of piperidine rings is 1. The Morgan fingerprint density at radius 2 is 1.84 bits per heavy atom. The van der Waals surface area contributed by atoms with Crippen molar-refractivity contribution in [2.45, 2.75) is 89.4 Å². The summed E-state index contributed by atoms with van der Waals surface area (Å²) < 4.78 is 0. The summed E-state index contributed by atoms with van der Waals surface area (Å²) in [6, 6.07) is 7.14. The first kappa shape index (κ1) is 22.9. The lowest BCUT2D eigenvalue weighted by atomic mass is 9.63. The van der Waals surface area contributed by atoms with E-state index < -0.39 is 0 Å². The number of hydrogen-bond donors (Lipinski definition) is 1. The molecule has 0 saturated carbocycles. The van der Waals surface area contributed by atoms with Gasteiger partial charge in [-0.1, -0.05) is 46.2 Å². The van der Waals surface area contributed by atoms with E-state index in [2.05, 4.69) is 56.2 Å². The van der Waals surface area contributed by atoms with Crippen LogP contribution in [-0.4, -0.2) is 36.1 Å². The van der Waals surface area contributed by atoms with E-state index in [-0.39, 0.29) is 10.8 Å². The molecule has 4 heteroatoms. The molecule has 0 amide bonds. The second-order valence-corrected chi connectivity index (χ2v) is 12.0. The highest BCUT2D eigenvalue weighted by Gasteiger charge is 2.37. The Balaban J connectivity index is 1.49. The maximum Gasteiger partial charge on any atom is 0.0976 e. The van der Waals surface area contributed by atoms with Gasteiger partial charge in [0.1, 0.15) is 0 Å². The molecule has 1 atom stereocenters. The molecular weight excluding hydrogens is 398 g/mol. The van der Waals surface area contributed by atoms with E-state index in [4.69, 9.17) is 10.7 Å². The number of unbranched alkanes of at least 4 members (excludes halogenated alkanes) is 2. The molecule has 1 aliphatic carbocycles. The molecule has 0 spiro atoms. The van der Waals surface area contributed by atoms with Gasteiger partial charge >= 0.3 is 0 Å². The number of hydrogen-bond acceptors (Lipinski definition) is 4. The van der Waals surface area contributed by atoms with Crippen LogP contribution in [0, 0.1) is 0 Å². The predicted molar refractivity (Wildman–Crippen MR) is 134 cm³/mol. The van der Waals surface area contributed by atoms with Crippen molar-refractivity contribution in [2.24, 2.45) is 5.73 Å². The van der Waals surface area contributed by atoms with Gasteiger partial charge in [-0.05, 0) is 86.2 Å². The van der Waals surface area contributed by atoms with Gasteiger partial charge in [-0.15, -0.1) is 11.3 Å². The number of fused-ring (bicyclic) bond motifs is 1. The van der Waals surface area contributed by atoms with Crippen molar-refractivity contribution in [3.8, 4) is 11.3 Å². The summed E-state index contributed by atoms with van der Waals surface area (Å²) in [5, 5.41) is 3.62. The van der Waals surface area contributed by atoms with E-state index in [0.717, 1.165) is 13.0 Å². The molecule has 1 aromatic carbocycles. The second-order valence-electron chi connectivity index (χ2n) is 11.1. The van der Waals surface area contributed by atoms with Crippen LogP contribution in [0.3, 0.4) is 0 Å². The number of benzene rings is 1. The predicted octanol–water partition coefficient (Wildman–Crippen LogP) is 6.47. The normalized spacial score (nSPS) is 22.9. The van der Waals surface area contributed by atoms with Crippen molar-refractivity contribution in [2.75, 3.05) is 26.2 Å². The third-order valence-electron chi connectivity index (χ3n) is 7.70. The maximum absolute atomic E-state index is 5.64. The lowest BCUT2D eigenvalue weighted by Gasteiger charge is -2.42. The molecule has 1 fully saturated rings. The SMILES string of the molecule is CC1(C)CCC(C)(C)c2cc(-c3csc(C4CCCN(CCCCCN)C4)n3)ccc21. The van der Waals surface area contributed by atoms with Crippen LogP contribution in [0.1, 0.15) is 94.7 Å². The zero-order valence-electron chi connectivity index (χ0n) is 20.0. The molecule has 0 bridgehead atoms. The summed E-state index contributed by atoms with van der Waals surface area (Å²) in [4.78, 5) is 7.80. The Hall–Kier alpha value is -1.23. The molecule has 1 aromatic heterocycles. The molecule has 3 nitrogen and oxygen atoms in total. The first-order valence-electron chi connectivity index (χ1n) is 12.3. The maximum atomic E-state index is 5.64. The average Bonchev–Trinajstić information content (AvgIpc) is 3.25. The Labute approximate surface area is 193 Å². The first-order chi connectivity index (χ1) is 14.8. The minimum absolute atomic E-state index is 0.244. The largest absolute Gasteiger partial charge is 0.330 e. The zero-order chi connectivity index (χ0) is 22.1. The summed E-state index contributed by atoms with van der Waals surface area (Å²) in [6.07, 6.45) is 8.76. The topological polar surface area (TPSA) is 42.1 Å². The zero-order valence-corrected chi connectivity index (χ0v) is 20.9. The highest BCUT2D eigenvalue weighted by molar-refractivity contribution is 7.10. The van der Waals surface area contributed by atoms with Crippen LogP contribution in [0.5, 0.6) is 0 Å². The molecule has 4 rings (SSSR count). The minimum atomic E-state index is 0.244. The van der Waals surface area contributed by atoms with Crippen LogP contribution in [-0.2, 0) is 10.8 Å². The molecule has 170 valence electrons. The molecule has 1 unspecified atom stereocenters. The molecule has 2 heterocycles. The fourth-order valence-electron chi connectivity index (χ4n) is 5.47. The van der Waals surface area contributed by atoms with Crippen LogP contribution in [0.2, 0.25) is 0 Å². The standard InChI is InChI=1S/C27H41N3S/c1-26(2)12-13-27(3,4)23-17-20(10-11-22(23)26)24-19-31-25(29-24)21-9-8-16-30(18-21)15-7-5-6-14-28/h10-11,17,19,21H,5-9,12-16,18,28H2,1-4H3.